The second-order valence-electron chi connectivity index (χ2n) is 6.09. The third-order valence-corrected chi connectivity index (χ3v) is 4.72. The summed E-state index contributed by atoms with van der Waals surface area (Å²) in [5.74, 6) is 0.330. The molecule has 0 unspecified atom stereocenters. The molecule has 0 aliphatic heterocycles. The first kappa shape index (κ1) is 18.0. The maximum Gasteiger partial charge on any atom is 0.336 e. The smallest absolute Gasteiger partial charge is 0.336 e. The van der Waals surface area contributed by atoms with Crippen LogP contribution in [0.2, 0.25) is 0 Å². The first-order chi connectivity index (χ1) is 13.6. The molecule has 2 aromatic carbocycles. The lowest BCUT2D eigenvalue weighted by Gasteiger charge is -2.05. The van der Waals surface area contributed by atoms with E-state index in [4.69, 9.17) is 8.83 Å². The van der Waals surface area contributed by atoms with E-state index in [0.717, 1.165) is 28.3 Å². The topological polar surface area (TPSA) is 98.2 Å². The largest absolute Gasteiger partial charge is 0.423 e. The van der Waals surface area contributed by atoms with Crippen molar-refractivity contribution in [2.24, 2.45) is 0 Å². The van der Waals surface area contributed by atoms with Crippen LogP contribution in [0.5, 0.6) is 0 Å². The lowest BCUT2D eigenvalue weighted by Crippen LogP contribution is -2.14. The Morgan fingerprint density at radius 1 is 1.07 bits per heavy atom. The summed E-state index contributed by atoms with van der Waals surface area (Å²) in [6.07, 6.45) is 0. The highest BCUT2D eigenvalue weighted by Crippen LogP contribution is 2.24. The van der Waals surface area contributed by atoms with Gasteiger partial charge in [0.25, 0.3) is 5.22 Å². The molecule has 0 aliphatic carbocycles. The summed E-state index contributed by atoms with van der Waals surface area (Å²) in [5, 5.41) is 11.8. The number of aryl methyl sites for hydroxylation is 1. The minimum absolute atomic E-state index is 0.122. The predicted octanol–water partition coefficient (Wildman–Crippen LogP) is 3.88. The van der Waals surface area contributed by atoms with Crippen molar-refractivity contribution < 1.29 is 13.6 Å². The quantitative estimate of drug-likeness (QED) is 0.406. The van der Waals surface area contributed by atoms with E-state index in [-0.39, 0.29) is 11.7 Å². The molecule has 0 radical (unpaired) electrons. The van der Waals surface area contributed by atoms with E-state index in [9.17, 15) is 9.59 Å². The molecule has 0 atom stereocenters. The molecule has 4 aromatic rings. The molecular formula is C20H15N3O4S. The summed E-state index contributed by atoms with van der Waals surface area (Å²) in [7, 11) is 0. The second kappa shape index (κ2) is 7.69. The summed E-state index contributed by atoms with van der Waals surface area (Å²) in [5.41, 5.74) is 2.60. The lowest BCUT2D eigenvalue weighted by atomic mass is 10.1. The first-order valence-corrected chi connectivity index (χ1v) is 9.42. The van der Waals surface area contributed by atoms with E-state index >= 15 is 0 Å². The number of nitrogens with zero attached hydrogens (tertiary/aromatic N) is 2. The van der Waals surface area contributed by atoms with E-state index in [1.165, 1.54) is 6.07 Å². The highest BCUT2D eigenvalue weighted by molar-refractivity contribution is 7.99. The number of benzene rings is 2. The van der Waals surface area contributed by atoms with Crippen LogP contribution in [-0.4, -0.2) is 21.9 Å². The van der Waals surface area contributed by atoms with Crippen molar-refractivity contribution in [3.8, 4) is 11.5 Å². The van der Waals surface area contributed by atoms with Gasteiger partial charge in [-0.05, 0) is 43.3 Å². The molecule has 140 valence electrons. The molecule has 7 nitrogen and oxygen atoms in total. The van der Waals surface area contributed by atoms with Gasteiger partial charge in [0.15, 0.2) is 0 Å². The molecule has 4 rings (SSSR count). The molecule has 1 N–H and O–H groups in total. The van der Waals surface area contributed by atoms with Gasteiger partial charge in [-0.2, -0.15) is 0 Å². The van der Waals surface area contributed by atoms with E-state index in [1.54, 1.807) is 24.3 Å². The van der Waals surface area contributed by atoms with Gasteiger partial charge in [0.05, 0.1) is 5.75 Å². The summed E-state index contributed by atoms with van der Waals surface area (Å²) < 4.78 is 10.7. The number of anilines is 1. The molecule has 1 amide bonds. The van der Waals surface area contributed by atoms with Crippen molar-refractivity contribution in [3.05, 3.63) is 70.6 Å². The Morgan fingerprint density at radius 2 is 1.96 bits per heavy atom. The number of carbonyl (C=O) groups is 1. The number of rotatable bonds is 5. The van der Waals surface area contributed by atoms with Gasteiger partial charge in [0.1, 0.15) is 5.58 Å². The number of aromatic nitrogens is 2. The van der Waals surface area contributed by atoms with Crippen LogP contribution in [0.15, 0.2) is 73.4 Å². The molecule has 2 aromatic heterocycles. The van der Waals surface area contributed by atoms with Gasteiger partial charge < -0.3 is 14.2 Å². The standard InChI is InChI=1S/C20H15N3O4S/c1-12-3-2-4-14(9-12)19-22-23-20(27-19)28-11-17(24)21-15-6-7-16-13(10-15)5-8-18(25)26-16/h2-10H,11H2,1H3,(H,21,24). The maximum atomic E-state index is 12.2. The Kier molecular flexibility index (Phi) is 4.94. The summed E-state index contributed by atoms with van der Waals surface area (Å²) >= 11 is 1.16. The molecule has 0 fully saturated rings. The Labute approximate surface area is 163 Å². The normalized spacial score (nSPS) is 10.9. The minimum atomic E-state index is -0.412. The van der Waals surface area contributed by atoms with Gasteiger partial charge in [-0.15, -0.1) is 10.2 Å². The van der Waals surface area contributed by atoms with Gasteiger partial charge in [0.2, 0.25) is 11.8 Å². The highest BCUT2D eigenvalue weighted by atomic mass is 32.2. The number of nitrogens with one attached hydrogen (secondary N) is 1. The minimum Gasteiger partial charge on any atom is -0.423 e. The van der Waals surface area contributed by atoms with Gasteiger partial charge >= 0.3 is 5.63 Å². The number of carbonyl (C=O) groups excluding carboxylic acids is 1. The fourth-order valence-corrected chi connectivity index (χ4v) is 3.20. The van der Waals surface area contributed by atoms with Gasteiger partial charge in [0, 0.05) is 22.7 Å². The van der Waals surface area contributed by atoms with E-state index in [2.05, 4.69) is 15.5 Å². The SMILES string of the molecule is Cc1cccc(-c2nnc(SCC(=O)Nc3ccc4oc(=O)ccc4c3)o2)c1. The Morgan fingerprint density at radius 3 is 2.82 bits per heavy atom. The zero-order valence-electron chi connectivity index (χ0n) is 14.8. The molecule has 2 heterocycles. The van der Waals surface area contributed by atoms with Crippen LogP contribution < -0.4 is 10.9 Å². The number of hydrogen-bond donors (Lipinski definition) is 1. The van der Waals surface area contributed by atoms with Gasteiger partial charge in [-0.25, -0.2) is 4.79 Å². The maximum absolute atomic E-state index is 12.2. The van der Waals surface area contributed by atoms with Crippen LogP contribution in [0.1, 0.15) is 5.56 Å². The average Bonchev–Trinajstić information content (AvgIpc) is 3.16. The van der Waals surface area contributed by atoms with Crippen molar-refractivity contribution in [1.29, 1.82) is 0 Å². The van der Waals surface area contributed by atoms with Crippen molar-refractivity contribution in [1.82, 2.24) is 10.2 Å². The summed E-state index contributed by atoms with van der Waals surface area (Å²) in [6.45, 7) is 1.99. The Bertz CT molecular complexity index is 1220. The molecule has 0 aliphatic rings. The van der Waals surface area contributed by atoms with Crippen molar-refractivity contribution in [3.63, 3.8) is 0 Å². The molecule has 0 saturated carbocycles. The fraction of sp³-hybridized carbons (Fsp3) is 0.100. The van der Waals surface area contributed by atoms with Crippen molar-refractivity contribution in [2.45, 2.75) is 12.1 Å². The molecule has 0 saturated heterocycles. The molecule has 28 heavy (non-hydrogen) atoms. The Hall–Kier alpha value is -3.39. The number of thioether (sulfide) groups is 1. The zero-order chi connectivity index (χ0) is 19.5. The number of fused-ring (bicyclic) bond motifs is 1. The van der Waals surface area contributed by atoms with Crippen molar-refractivity contribution >= 4 is 34.3 Å². The predicted molar refractivity (Wildman–Crippen MR) is 106 cm³/mol. The molecule has 0 bridgehead atoms. The summed E-state index contributed by atoms with van der Waals surface area (Å²) in [6, 6.07) is 15.8. The van der Waals surface area contributed by atoms with Gasteiger partial charge in [-0.1, -0.05) is 29.5 Å². The molecule has 8 heteroatoms. The second-order valence-corrected chi connectivity index (χ2v) is 7.01. The molecular weight excluding hydrogens is 378 g/mol. The van der Waals surface area contributed by atoms with Crippen LogP contribution in [-0.2, 0) is 4.79 Å². The Balaban J connectivity index is 1.38. The number of amides is 1. The third-order valence-electron chi connectivity index (χ3n) is 3.90. The zero-order valence-corrected chi connectivity index (χ0v) is 15.7. The van der Waals surface area contributed by atoms with Crippen LogP contribution >= 0.6 is 11.8 Å². The molecule has 0 spiro atoms. The number of hydrogen-bond acceptors (Lipinski definition) is 7. The van der Waals surface area contributed by atoms with Crippen LogP contribution in [0.3, 0.4) is 0 Å². The van der Waals surface area contributed by atoms with Crippen LogP contribution in [0, 0.1) is 6.92 Å². The van der Waals surface area contributed by atoms with E-state index in [0.29, 0.717) is 22.4 Å². The summed E-state index contributed by atoms with van der Waals surface area (Å²) in [4.78, 5) is 23.4. The van der Waals surface area contributed by atoms with Crippen LogP contribution in [0.4, 0.5) is 5.69 Å². The average molecular weight is 393 g/mol. The monoisotopic (exact) mass is 393 g/mol. The lowest BCUT2D eigenvalue weighted by molar-refractivity contribution is -0.113. The van der Waals surface area contributed by atoms with Gasteiger partial charge in [-0.3, -0.25) is 4.79 Å². The van der Waals surface area contributed by atoms with Crippen LogP contribution in [0.25, 0.3) is 22.4 Å². The highest BCUT2D eigenvalue weighted by Gasteiger charge is 2.12. The van der Waals surface area contributed by atoms with E-state index in [1.807, 2.05) is 31.2 Å². The van der Waals surface area contributed by atoms with E-state index < -0.39 is 5.63 Å². The van der Waals surface area contributed by atoms with Crippen molar-refractivity contribution in [2.75, 3.05) is 11.1 Å². The third kappa shape index (κ3) is 4.12. The first-order valence-electron chi connectivity index (χ1n) is 8.44. The fourth-order valence-electron chi connectivity index (χ4n) is 2.64.